The number of hydrogen-bond acceptors (Lipinski definition) is 2. The summed E-state index contributed by atoms with van der Waals surface area (Å²) in [7, 11) is -4.12. The van der Waals surface area contributed by atoms with Crippen molar-refractivity contribution >= 4 is 31.6 Å². The lowest BCUT2D eigenvalue weighted by atomic mass is 10.1. The molecule has 0 amide bonds. The van der Waals surface area contributed by atoms with Gasteiger partial charge in [-0.3, -0.25) is 4.72 Å². The summed E-state index contributed by atoms with van der Waals surface area (Å²) in [4.78, 5) is -0.450. The van der Waals surface area contributed by atoms with Gasteiger partial charge in [0.25, 0.3) is 10.0 Å². The van der Waals surface area contributed by atoms with E-state index in [0.717, 1.165) is 17.7 Å². The van der Waals surface area contributed by atoms with Crippen molar-refractivity contribution < 1.29 is 21.6 Å². The quantitative estimate of drug-likeness (QED) is 0.787. The summed E-state index contributed by atoms with van der Waals surface area (Å²) in [5, 5.41) is 0. The molecule has 0 aliphatic heterocycles. The molecule has 0 aliphatic rings. The molecule has 0 aromatic heterocycles. The van der Waals surface area contributed by atoms with E-state index in [0.29, 0.717) is 17.3 Å². The van der Waals surface area contributed by atoms with E-state index in [9.17, 15) is 21.6 Å². The molecular weight excluding hydrogens is 395 g/mol. The highest BCUT2D eigenvalue weighted by molar-refractivity contribution is 9.10. The molecule has 124 valence electrons. The Bertz CT molecular complexity index is 848. The van der Waals surface area contributed by atoms with Gasteiger partial charge in [-0.1, -0.05) is 28.1 Å². The minimum absolute atomic E-state index is 0.212. The van der Waals surface area contributed by atoms with Crippen molar-refractivity contribution in [2.75, 3.05) is 4.72 Å². The van der Waals surface area contributed by atoms with Gasteiger partial charge >= 0.3 is 6.18 Å². The van der Waals surface area contributed by atoms with Gasteiger partial charge in [-0.15, -0.1) is 0 Å². The van der Waals surface area contributed by atoms with Gasteiger partial charge in [0.15, 0.2) is 0 Å². The van der Waals surface area contributed by atoms with Crippen LogP contribution in [-0.2, 0) is 16.2 Å². The second-order valence-corrected chi connectivity index (χ2v) is 7.53. The maximum absolute atomic E-state index is 12.9. The highest BCUT2D eigenvalue weighted by Gasteiger charge is 2.34. The van der Waals surface area contributed by atoms with Crippen LogP contribution in [0.4, 0.5) is 18.9 Å². The number of anilines is 1. The van der Waals surface area contributed by atoms with Crippen LogP contribution < -0.4 is 4.72 Å². The smallest absolute Gasteiger partial charge is 0.279 e. The van der Waals surface area contributed by atoms with Gasteiger partial charge in [-0.2, -0.15) is 13.2 Å². The molecule has 0 radical (unpaired) electrons. The predicted octanol–water partition coefficient (Wildman–Crippen LogP) is 4.89. The fourth-order valence-electron chi connectivity index (χ4n) is 1.95. The summed E-state index contributed by atoms with van der Waals surface area (Å²) < 4.78 is 65.6. The second kappa shape index (κ2) is 6.16. The van der Waals surface area contributed by atoms with Crippen molar-refractivity contribution in [1.29, 1.82) is 0 Å². The van der Waals surface area contributed by atoms with Crippen molar-refractivity contribution in [1.82, 2.24) is 0 Å². The van der Waals surface area contributed by atoms with E-state index >= 15 is 0 Å². The zero-order chi connectivity index (χ0) is 17.4. The Balaban J connectivity index is 2.47. The highest BCUT2D eigenvalue weighted by Crippen LogP contribution is 2.36. The average molecular weight is 408 g/mol. The maximum atomic E-state index is 12.9. The van der Waals surface area contributed by atoms with Gasteiger partial charge < -0.3 is 0 Å². The van der Waals surface area contributed by atoms with E-state index < -0.39 is 26.7 Å². The van der Waals surface area contributed by atoms with E-state index in [4.69, 9.17) is 0 Å². The van der Waals surface area contributed by atoms with Gasteiger partial charge in [0.2, 0.25) is 0 Å². The van der Waals surface area contributed by atoms with Gasteiger partial charge in [0.05, 0.1) is 16.1 Å². The van der Waals surface area contributed by atoms with Gasteiger partial charge in [-0.05, 0) is 49.2 Å². The number of benzene rings is 2. The number of alkyl halides is 3. The average Bonchev–Trinajstić information content (AvgIpc) is 2.42. The number of hydrogen-bond donors (Lipinski definition) is 1. The lowest BCUT2D eigenvalue weighted by molar-refractivity contribution is -0.138. The standard InChI is InChI=1S/C15H13BrF3NO2S/c1-9-4-3-5-14(10(9)2)20-23(21,22)11-6-7-13(16)12(8-11)15(17,18)19/h3-8,20H,1-2H3. The zero-order valence-electron chi connectivity index (χ0n) is 12.2. The number of nitrogens with one attached hydrogen (secondary N) is 1. The van der Waals surface area contributed by atoms with Crippen LogP contribution in [0.2, 0.25) is 0 Å². The Morgan fingerprint density at radius 3 is 2.35 bits per heavy atom. The molecule has 0 saturated heterocycles. The fourth-order valence-corrected chi connectivity index (χ4v) is 3.57. The summed E-state index contributed by atoms with van der Waals surface area (Å²) in [6, 6.07) is 7.84. The van der Waals surface area contributed by atoms with Crippen molar-refractivity contribution in [3.05, 3.63) is 57.6 Å². The number of rotatable bonds is 3. The third-order valence-electron chi connectivity index (χ3n) is 3.40. The zero-order valence-corrected chi connectivity index (χ0v) is 14.6. The molecule has 0 unspecified atom stereocenters. The first-order valence-corrected chi connectivity index (χ1v) is 8.76. The van der Waals surface area contributed by atoms with E-state index in [1.807, 2.05) is 13.0 Å². The number of halogens is 4. The van der Waals surface area contributed by atoms with E-state index in [-0.39, 0.29) is 4.47 Å². The molecule has 0 saturated carbocycles. The first kappa shape index (κ1) is 17.8. The molecule has 8 heteroatoms. The summed E-state index contributed by atoms with van der Waals surface area (Å²) >= 11 is 2.79. The fraction of sp³-hybridized carbons (Fsp3) is 0.200. The van der Waals surface area contributed by atoms with Crippen LogP contribution in [0.3, 0.4) is 0 Å². The van der Waals surface area contributed by atoms with Crippen molar-refractivity contribution in [2.45, 2.75) is 24.9 Å². The van der Waals surface area contributed by atoms with Crippen molar-refractivity contribution in [3.8, 4) is 0 Å². The Morgan fingerprint density at radius 2 is 1.74 bits per heavy atom. The minimum atomic E-state index is -4.65. The molecule has 2 aromatic rings. The number of aryl methyl sites for hydroxylation is 1. The van der Waals surface area contributed by atoms with Crippen molar-refractivity contribution in [2.24, 2.45) is 0 Å². The van der Waals surface area contributed by atoms with Crippen LogP contribution in [-0.4, -0.2) is 8.42 Å². The summed E-state index contributed by atoms with van der Waals surface area (Å²) in [6.45, 7) is 3.55. The maximum Gasteiger partial charge on any atom is 0.417 e. The number of sulfonamides is 1. The first-order chi connectivity index (χ1) is 10.5. The van der Waals surface area contributed by atoms with Crippen LogP contribution in [0, 0.1) is 13.8 Å². The molecule has 2 aromatic carbocycles. The molecule has 3 nitrogen and oxygen atoms in total. The Morgan fingerprint density at radius 1 is 1.09 bits per heavy atom. The molecule has 2 rings (SSSR count). The molecule has 0 spiro atoms. The normalized spacial score (nSPS) is 12.3. The Labute approximate surface area is 140 Å². The Hall–Kier alpha value is -1.54. The third kappa shape index (κ3) is 3.87. The molecule has 0 atom stereocenters. The van der Waals surface area contributed by atoms with Crippen LogP contribution in [0.25, 0.3) is 0 Å². The van der Waals surface area contributed by atoms with Crippen LogP contribution in [0.5, 0.6) is 0 Å². The van der Waals surface area contributed by atoms with E-state index in [1.54, 1.807) is 19.1 Å². The lowest BCUT2D eigenvalue weighted by Gasteiger charge is -2.14. The third-order valence-corrected chi connectivity index (χ3v) is 5.46. The molecule has 1 N–H and O–H groups in total. The van der Waals surface area contributed by atoms with E-state index in [1.165, 1.54) is 0 Å². The summed E-state index contributed by atoms with van der Waals surface area (Å²) in [5.74, 6) is 0. The highest BCUT2D eigenvalue weighted by atomic mass is 79.9. The van der Waals surface area contributed by atoms with Crippen LogP contribution in [0.15, 0.2) is 45.8 Å². The Kier molecular flexibility index (Phi) is 4.77. The van der Waals surface area contributed by atoms with Gasteiger partial charge in [0, 0.05) is 4.47 Å². The van der Waals surface area contributed by atoms with Gasteiger partial charge in [0.1, 0.15) is 0 Å². The minimum Gasteiger partial charge on any atom is -0.279 e. The first-order valence-electron chi connectivity index (χ1n) is 6.48. The van der Waals surface area contributed by atoms with Crippen LogP contribution in [0.1, 0.15) is 16.7 Å². The SMILES string of the molecule is Cc1cccc(NS(=O)(=O)c2ccc(Br)c(C(F)(F)F)c2)c1C. The monoisotopic (exact) mass is 407 g/mol. The summed E-state index contributed by atoms with van der Waals surface area (Å²) in [5.41, 5.74) is 0.879. The lowest BCUT2D eigenvalue weighted by Crippen LogP contribution is -2.15. The summed E-state index contributed by atoms with van der Waals surface area (Å²) in [6.07, 6.45) is -4.65. The molecule has 23 heavy (non-hydrogen) atoms. The topological polar surface area (TPSA) is 46.2 Å². The largest absolute Gasteiger partial charge is 0.417 e. The molecule has 0 heterocycles. The molecule has 0 fully saturated rings. The molecule has 0 bridgehead atoms. The second-order valence-electron chi connectivity index (χ2n) is 4.99. The van der Waals surface area contributed by atoms with Crippen LogP contribution >= 0.6 is 15.9 Å². The molecular formula is C15H13BrF3NO2S. The van der Waals surface area contributed by atoms with Crippen molar-refractivity contribution in [3.63, 3.8) is 0 Å². The van der Waals surface area contributed by atoms with E-state index in [2.05, 4.69) is 20.7 Å². The predicted molar refractivity (Wildman–Crippen MR) is 85.9 cm³/mol. The molecule has 0 aliphatic carbocycles. The van der Waals surface area contributed by atoms with Gasteiger partial charge in [-0.25, -0.2) is 8.42 Å².